The maximum atomic E-state index is 12.3. The fourth-order valence-corrected chi connectivity index (χ4v) is 2.68. The van der Waals surface area contributed by atoms with E-state index < -0.39 is 23.5 Å². The summed E-state index contributed by atoms with van der Waals surface area (Å²) < 4.78 is 74.5. The number of alkyl halides is 6. The highest BCUT2D eigenvalue weighted by Gasteiger charge is 2.34. The first-order valence-corrected chi connectivity index (χ1v) is 8.59. The van der Waals surface area contributed by atoms with E-state index in [-0.39, 0.29) is 16.6 Å². The first-order valence-electron chi connectivity index (χ1n) is 6.44. The SMILES string of the molecule is N#Cc1ccc(I)cc1C(F)(F)F.N#Cc1ccc(I)cc1C(F)(F)F.O. The number of nitrogens with zero attached hydrogens (tertiary/aromatic N) is 2. The van der Waals surface area contributed by atoms with Crippen LogP contribution in [0.25, 0.3) is 0 Å². The smallest absolute Gasteiger partial charge is 0.412 e. The lowest BCUT2D eigenvalue weighted by Crippen LogP contribution is -2.07. The zero-order valence-electron chi connectivity index (χ0n) is 12.9. The summed E-state index contributed by atoms with van der Waals surface area (Å²) in [4.78, 5) is 0. The Labute approximate surface area is 177 Å². The van der Waals surface area contributed by atoms with Crippen LogP contribution in [0.15, 0.2) is 36.4 Å². The van der Waals surface area contributed by atoms with Gasteiger partial charge in [-0.2, -0.15) is 36.9 Å². The van der Waals surface area contributed by atoms with Crippen molar-refractivity contribution in [3.63, 3.8) is 0 Å². The minimum absolute atomic E-state index is 0. The highest BCUT2D eigenvalue weighted by Crippen LogP contribution is 2.33. The number of hydrogen-bond donors (Lipinski definition) is 0. The summed E-state index contributed by atoms with van der Waals surface area (Å²) in [5.74, 6) is 0. The van der Waals surface area contributed by atoms with Crippen molar-refractivity contribution < 1.29 is 31.8 Å². The van der Waals surface area contributed by atoms with Crippen LogP contribution >= 0.6 is 45.2 Å². The Morgan fingerprint density at radius 2 is 0.963 bits per heavy atom. The van der Waals surface area contributed by atoms with Crippen molar-refractivity contribution in [1.29, 1.82) is 10.5 Å². The van der Waals surface area contributed by atoms with Crippen LogP contribution < -0.4 is 0 Å². The fraction of sp³-hybridized carbons (Fsp3) is 0.125. The molecule has 0 unspecified atom stereocenters. The van der Waals surface area contributed by atoms with Gasteiger partial charge in [0.05, 0.1) is 34.4 Å². The minimum atomic E-state index is -4.45. The Kier molecular flexibility index (Phi) is 9.51. The average Bonchev–Trinajstić information content (AvgIpc) is 2.54. The molecule has 2 aromatic carbocycles. The molecule has 2 aromatic rings. The Hall–Kier alpha value is -1.58. The van der Waals surface area contributed by atoms with Gasteiger partial charge in [-0.3, -0.25) is 0 Å². The second-order valence-electron chi connectivity index (χ2n) is 4.60. The van der Waals surface area contributed by atoms with Crippen molar-refractivity contribution in [1.82, 2.24) is 0 Å². The average molecular weight is 612 g/mol. The van der Waals surface area contributed by atoms with Gasteiger partial charge in [-0.25, -0.2) is 0 Å². The third-order valence-corrected chi connectivity index (χ3v) is 4.16. The molecule has 0 fully saturated rings. The zero-order valence-corrected chi connectivity index (χ0v) is 17.2. The Morgan fingerprint density at radius 3 is 1.19 bits per heavy atom. The lowest BCUT2D eigenvalue weighted by molar-refractivity contribution is -0.138. The predicted molar refractivity (Wildman–Crippen MR) is 101 cm³/mol. The molecule has 0 heterocycles. The van der Waals surface area contributed by atoms with Gasteiger partial charge >= 0.3 is 12.4 Å². The second kappa shape index (κ2) is 10.1. The van der Waals surface area contributed by atoms with Crippen LogP contribution in [-0.4, -0.2) is 5.48 Å². The lowest BCUT2D eigenvalue weighted by Gasteiger charge is -2.08. The molecule has 3 nitrogen and oxygen atoms in total. The van der Waals surface area contributed by atoms with E-state index in [0.29, 0.717) is 7.14 Å². The van der Waals surface area contributed by atoms with Crippen molar-refractivity contribution >= 4 is 45.2 Å². The van der Waals surface area contributed by atoms with Crippen LogP contribution in [-0.2, 0) is 12.4 Å². The molecule has 0 amide bonds. The van der Waals surface area contributed by atoms with Gasteiger partial charge in [-0.05, 0) is 81.6 Å². The molecule has 0 aliphatic heterocycles. The number of halogens is 8. The molecule has 0 saturated heterocycles. The molecule has 0 aliphatic carbocycles. The summed E-state index contributed by atoms with van der Waals surface area (Å²) in [6, 6.07) is 10.2. The predicted octanol–water partition coefficient (Wildman–Crippen LogP) is 5.54. The molecule has 0 saturated carbocycles. The number of hydrogen-bond acceptors (Lipinski definition) is 2. The van der Waals surface area contributed by atoms with Crippen LogP contribution in [0.1, 0.15) is 22.3 Å². The molecular weight excluding hydrogens is 604 g/mol. The molecule has 144 valence electrons. The maximum Gasteiger partial charge on any atom is 0.417 e. The van der Waals surface area contributed by atoms with Crippen molar-refractivity contribution in [2.45, 2.75) is 12.4 Å². The molecule has 2 N–H and O–H groups in total. The Bertz CT molecular complexity index is 809. The maximum absolute atomic E-state index is 12.3. The fourth-order valence-electron chi connectivity index (χ4n) is 1.70. The van der Waals surface area contributed by atoms with Gasteiger partial charge in [-0.1, -0.05) is 0 Å². The first kappa shape index (κ1) is 25.4. The standard InChI is InChI=1S/2C8H3F3IN.H2O/c2*9-8(10,11)7-3-6(12)2-1-5(7)4-13;/h2*1-3H;1H2. The van der Waals surface area contributed by atoms with Crippen LogP contribution in [0.4, 0.5) is 26.3 Å². The van der Waals surface area contributed by atoms with Crippen LogP contribution in [0.3, 0.4) is 0 Å². The molecule has 0 spiro atoms. The molecule has 0 aromatic heterocycles. The van der Waals surface area contributed by atoms with E-state index in [1.807, 2.05) is 0 Å². The van der Waals surface area contributed by atoms with E-state index in [0.717, 1.165) is 12.1 Å². The summed E-state index contributed by atoms with van der Waals surface area (Å²) in [5, 5.41) is 16.8. The number of nitriles is 2. The van der Waals surface area contributed by atoms with Gasteiger partial charge in [0.25, 0.3) is 0 Å². The summed E-state index contributed by atoms with van der Waals surface area (Å²) in [7, 11) is 0. The molecule has 2 rings (SSSR count). The first-order chi connectivity index (χ1) is 11.9. The second-order valence-corrected chi connectivity index (χ2v) is 7.09. The summed E-state index contributed by atoms with van der Waals surface area (Å²) in [6.45, 7) is 0. The van der Waals surface area contributed by atoms with Crippen molar-refractivity contribution in [3.05, 3.63) is 65.8 Å². The largest absolute Gasteiger partial charge is 0.417 e. The molecule has 0 radical (unpaired) electrons. The van der Waals surface area contributed by atoms with Gasteiger partial charge in [0.1, 0.15) is 0 Å². The molecule has 0 bridgehead atoms. The summed E-state index contributed by atoms with van der Waals surface area (Å²) in [5.41, 5.74) is -2.43. The van der Waals surface area contributed by atoms with E-state index in [1.54, 1.807) is 45.2 Å². The molecule has 0 aliphatic rings. The minimum Gasteiger partial charge on any atom is -0.412 e. The molecule has 0 atom stereocenters. The quantitative estimate of drug-likeness (QED) is 0.290. The van der Waals surface area contributed by atoms with Crippen LogP contribution in [0, 0.1) is 29.8 Å². The van der Waals surface area contributed by atoms with Crippen molar-refractivity contribution in [2.24, 2.45) is 0 Å². The summed E-state index contributed by atoms with van der Waals surface area (Å²) in [6.07, 6.45) is -8.90. The van der Waals surface area contributed by atoms with Crippen LogP contribution in [0.2, 0.25) is 0 Å². The normalized spacial score (nSPS) is 10.6. The van der Waals surface area contributed by atoms with Gasteiger partial charge < -0.3 is 5.48 Å². The summed E-state index contributed by atoms with van der Waals surface area (Å²) >= 11 is 3.54. The van der Waals surface area contributed by atoms with Gasteiger partial charge in [0.15, 0.2) is 0 Å². The third kappa shape index (κ3) is 7.51. The van der Waals surface area contributed by atoms with E-state index in [9.17, 15) is 26.3 Å². The zero-order chi connectivity index (χ0) is 20.1. The topological polar surface area (TPSA) is 79.1 Å². The number of rotatable bonds is 0. The van der Waals surface area contributed by atoms with Gasteiger partial charge in [-0.15, -0.1) is 0 Å². The lowest BCUT2D eigenvalue weighted by atomic mass is 10.1. The van der Waals surface area contributed by atoms with E-state index >= 15 is 0 Å². The van der Waals surface area contributed by atoms with E-state index in [1.165, 1.54) is 36.4 Å². The highest BCUT2D eigenvalue weighted by molar-refractivity contribution is 14.1. The molecule has 27 heavy (non-hydrogen) atoms. The monoisotopic (exact) mass is 612 g/mol. The van der Waals surface area contributed by atoms with Gasteiger partial charge in [0, 0.05) is 7.14 Å². The van der Waals surface area contributed by atoms with E-state index in [2.05, 4.69) is 0 Å². The highest BCUT2D eigenvalue weighted by atomic mass is 127. The van der Waals surface area contributed by atoms with Gasteiger partial charge in [0.2, 0.25) is 0 Å². The molecule has 11 heteroatoms. The van der Waals surface area contributed by atoms with Crippen LogP contribution in [0.5, 0.6) is 0 Å². The van der Waals surface area contributed by atoms with Crippen molar-refractivity contribution in [3.8, 4) is 12.1 Å². The van der Waals surface area contributed by atoms with Crippen molar-refractivity contribution in [2.75, 3.05) is 0 Å². The number of benzene rings is 2. The Balaban J connectivity index is 0.000000483. The molecular formula is C16H8F6I2N2O. The Morgan fingerprint density at radius 1 is 0.667 bits per heavy atom. The third-order valence-electron chi connectivity index (χ3n) is 2.81. The van der Waals surface area contributed by atoms with E-state index in [4.69, 9.17) is 10.5 Å².